The second-order valence-corrected chi connectivity index (χ2v) is 6.53. The number of anilines is 1. The van der Waals surface area contributed by atoms with Crippen LogP contribution in [0.15, 0.2) is 12.3 Å². The molecule has 18 heavy (non-hydrogen) atoms. The van der Waals surface area contributed by atoms with Gasteiger partial charge in [-0.2, -0.15) is 0 Å². The zero-order valence-electron chi connectivity index (χ0n) is 12.2. The fourth-order valence-electron chi connectivity index (χ4n) is 2.67. The Kier molecular flexibility index (Phi) is 3.62. The van der Waals surface area contributed by atoms with Crippen molar-refractivity contribution in [2.24, 2.45) is 0 Å². The summed E-state index contributed by atoms with van der Waals surface area (Å²) in [6.45, 7) is 11.2. The molecule has 1 atom stereocenters. The molecule has 0 bridgehead atoms. The fourth-order valence-corrected chi connectivity index (χ4v) is 2.67. The van der Waals surface area contributed by atoms with Gasteiger partial charge in [0.1, 0.15) is 5.82 Å². The van der Waals surface area contributed by atoms with Crippen LogP contribution in [0.3, 0.4) is 0 Å². The lowest BCUT2D eigenvalue weighted by Gasteiger charge is -2.23. The highest BCUT2D eigenvalue weighted by Crippen LogP contribution is 2.27. The summed E-state index contributed by atoms with van der Waals surface area (Å²) in [6.07, 6.45) is 3.19. The Morgan fingerprint density at radius 1 is 1.44 bits per heavy atom. The van der Waals surface area contributed by atoms with Gasteiger partial charge >= 0.3 is 0 Å². The third-order valence-corrected chi connectivity index (χ3v) is 3.65. The lowest BCUT2D eigenvalue weighted by Crippen LogP contribution is -2.24. The number of likely N-dealkylation sites (N-methyl/N-ethyl adjacent to an activating group) is 1. The molecule has 1 aliphatic heterocycles. The van der Waals surface area contributed by atoms with Crippen LogP contribution in [0, 0.1) is 6.92 Å². The van der Waals surface area contributed by atoms with Gasteiger partial charge in [0.25, 0.3) is 0 Å². The molecule has 0 radical (unpaired) electrons. The molecule has 3 heteroatoms. The third-order valence-electron chi connectivity index (χ3n) is 3.65. The highest BCUT2D eigenvalue weighted by molar-refractivity contribution is 5.44. The molecular formula is C15H27N3. The summed E-state index contributed by atoms with van der Waals surface area (Å²) in [5, 5.41) is 3.56. The summed E-state index contributed by atoms with van der Waals surface area (Å²) in [5.41, 5.74) is 2.83. The first-order chi connectivity index (χ1) is 8.36. The van der Waals surface area contributed by atoms with Crippen LogP contribution in [0.2, 0.25) is 0 Å². The number of pyridine rings is 1. The summed E-state index contributed by atoms with van der Waals surface area (Å²) in [6, 6.07) is 2.76. The van der Waals surface area contributed by atoms with Gasteiger partial charge in [-0.15, -0.1) is 0 Å². The van der Waals surface area contributed by atoms with Crippen LogP contribution in [-0.2, 0) is 5.41 Å². The highest BCUT2D eigenvalue weighted by Gasteiger charge is 2.21. The zero-order valence-corrected chi connectivity index (χ0v) is 12.2. The number of nitrogens with one attached hydrogen (secondary N) is 1. The summed E-state index contributed by atoms with van der Waals surface area (Å²) in [5.74, 6) is 1.02. The molecule has 1 unspecified atom stereocenters. The van der Waals surface area contributed by atoms with E-state index < -0.39 is 0 Å². The first-order valence-corrected chi connectivity index (χ1v) is 6.78. The van der Waals surface area contributed by atoms with Gasteiger partial charge in [-0.05, 0) is 49.5 Å². The fraction of sp³-hybridized carbons (Fsp3) is 0.667. The maximum atomic E-state index is 4.51. The van der Waals surface area contributed by atoms with Crippen LogP contribution >= 0.6 is 0 Å². The number of hydrogen-bond acceptors (Lipinski definition) is 3. The van der Waals surface area contributed by atoms with Gasteiger partial charge in [-0.3, -0.25) is 0 Å². The number of aromatic nitrogens is 1. The molecule has 0 saturated carbocycles. The van der Waals surface area contributed by atoms with Crippen molar-refractivity contribution in [2.45, 2.75) is 45.6 Å². The van der Waals surface area contributed by atoms with E-state index in [-0.39, 0.29) is 6.84 Å². The minimum absolute atomic E-state index is 0. The maximum Gasteiger partial charge on any atom is 0.126 e. The molecule has 0 spiro atoms. The number of nitrogens with zero attached hydrogens (tertiary/aromatic N) is 2. The molecule has 3 nitrogen and oxygen atoms in total. The monoisotopic (exact) mass is 249 g/mol. The number of likely N-dealkylation sites (tertiary alicyclic amines) is 1. The summed E-state index contributed by atoms with van der Waals surface area (Å²) in [4.78, 5) is 6.87. The van der Waals surface area contributed by atoms with Gasteiger partial charge in [0.15, 0.2) is 0 Å². The Balaban J connectivity index is 0.00000180. The zero-order chi connectivity index (χ0) is 13.3. The second-order valence-electron chi connectivity index (χ2n) is 6.53. The summed E-state index contributed by atoms with van der Waals surface area (Å²) < 4.78 is 0. The van der Waals surface area contributed by atoms with E-state index in [1.165, 1.54) is 24.1 Å². The lowest BCUT2D eigenvalue weighted by atomic mass is 9.85. The first-order valence-electron chi connectivity index (χ1n) is 6.78. The van der Waals surface area contributed by atoms with Crippen molar-refractivity contribution in [3.05, 3.63) is 23.4 Å². The lowest BCUT2D eigenvalue weighted by molar-refractivity contribution is 0.414. The van der Waals surface area contributed by atoms with Gasteiger partial charge in [0.05, 0.1) is 0 Å². The molecular weight excluding hydrogens is 222 g/mol. The molecule has 0 aliphatic carbocycles. The molecule has 0 aromatic carbocycles. The minimum Gasteiger partial charge on any atom is -0.366 e. The maximum absolute atomic E-state index is 4.51. The summed E-state index contributed by atoms with van der Waals surface area (Å²) in [7, 11) is 2.17. The predicted octanol–water partition coefficient (Wildman–Crippen LogP) is 3.05. The Labute approximate surface area is 112 Å². The molecule has 1 fully saturated rings. The Morgan fingerprint density at radius 3 is 2.72 bits per heavy atom. The number of rotatable bonds is 2. The van der Waals surface area contributed by atoms with Crippen molar-refractivity contribution in [2.75, 3.05) is 25.5 Å². The van der Waals surface area contributed by atoms with Crippen molar-refractivity contribution in [1.29, 1.82) is 0 Å². The average Bonchev–Trinajstić information content (AvgIpc) is 2.65. The van der Waals surface area contributed by atoms with E-state index in [1.807, 2.05) is 6.20 Å². The number of aryl methyl sites for hydroxylation is 1. The smallest absolute Gasteiger partial charge is 0.126 e. The van der Waals surface area contributed by atoms with E-state index in [1.54, 1.807) is 0 Å². The normalized spacial score (nSPS) is 21.3. The third kappa shape index (κ3) is 3.02. The van der Waals surface area contributed by atoms with E-state index in [2.05, 4.69) is 56.0 Å². The van der Waals surface area contributed by atoms with Gasteiger partial charge in [-0.1, -0.05) is 20.8 Å². The van der Waals surface area contributed by atoms with Crippen molar-refractivity contribution < 1.29 is 1.43 Å². The molecule has 1 aliphatic rings. The average molecular weight is 249 g/mol. The van der Waals surface area contributed by atoms with Crippen LogP contribution in [-0.4, -0.2) is 36.1 Å². The van der Waals surface area contributed by atoms with Crippen LogP contribution < -0.4 is 5.32 Å². The largest absolute Gasteiger partial charge is 0.366 e. The van der Waals surface area contributed by atoms with Gasteiger partial charge < -0.3 is 10.2 Å². The van der Waals surface area contributed by atoms with E-state index in [0.29, 0.717) is 6.04 Å². The molecule has 1 aromatic heterocycles. The predicted molar refractivity (Wildman–Crippen MR) is 79.3 cm³/mol. The Morgan fingerprint density at radius 2 is 2.17 bits per heavy atom. The molecule has 1 aromatic rings. The van der Waals surface area contributed by atoms with Crippen LogP contribution in [0.4, 0.5) is 5.82 Å². The van der Waals surface area contributed by atoms with Crippen LogP contribution in [0.5, 0.6) is 0 Å². The SMILES string of the molecule is Cc1cnc(NC2CCN(C)C2)cc1C(C)(C)C.[HH]. The molecule has 102 valence electrons. The van der Waals surface area contributed by atoms with Crippen molar-refractivity contribution in [3.8, 4) is 0 Å². The number of hydrogen-bond donors (Lipinski definition) is 1. The van der Waals surface area contributed by atoms with E-state index >= 15 is 0 Å². The molecule has 2 heterocycles. The van der Waals surface area contributed by atoms with Crippen molar-refractivity contribution in [3.63, 3.8) is 0 Å². The van der Waals surface area contributed by atoms with E-state index in [0.717, 1.165) is 12.4 Å². The van der Waals surface area contributed by atoms with E-state index in [4.69, 9.17) is 0 Å². The Hall–Kier alpha value is -1.09. The van der Waals surface area contributed by atoms with Crippen molar-refractivity contribution in [1.82, 2.24) is 9.88 Å². The molecule has 2 rings (SSSR count). The second kappa shape index (κ2) is 4.88. The minimum atomic E-state index is 0. The summed E-state index contributed by atoms with van der Waals surface area (Å²) >= 11 is 0. The van der Waals surface area contributed by atoms with Gasteiger partial charge in [0, 0.05) is 20.2 Å². The molecule has 1 N–H and O–H groups in total. The first kappa shape index (κ1) is 13.3. The van der Waals surface area contributed by atoms with Crippen LogP contribution in [0.1, 0.15) is 39.7 Å². The highest BCUT2D eigenvalue weighted by atomic mass is 15.2. The topological polar surface area (TPSA) is 28.2 Å². The quantitative estimate of drug-likeness (QED) is 0.873. The standard InChI is InChI=1S/C15H25N3.H2/c1-11-9-16-14(8-13(11)15(2,3)4)17-12-6-7-18(5)10-12;/h8-9,12H,6-7,10H2,1-5H3,(H,16,17);1H. The molecule has 0 amide bonds. The van der Waals surface area contributed by atoms with Gasteiger partial charge in [-0.25, -0.2) is 4.98 Å². The van der Waals surface area contributed by atoms with Gasteiger partial charge in [0.2, 0.25) is 0 Å². The molecule has 1 saturated heterocycles. The van der Waals surface area contributed by atoms with Crippen molar-refractivity contribution >= 4 is 5.82 Å². The van der Waals surface area contributed by atoms with Crippen LogP contribution in [0.25, 0.3) is 0 Å². The van der Waals surface area contributed by atoms with E-state index in [9.17, 15) is 0 Å². The Bertz CT molecular complexity index is 426.